The van der Waals surface area contributed by atoms with Gasteiger partial charge in [-0.1, -0.05) is 30.3 Å². The molecule has 35 nitrogen and oxygen atoms in total. The lowest BCUT2D eigenvalue weighted by Gasteiger charge is -2.28. The third kappa shape index (κ3) is 38.5. The van der Waals surface area contributed by atoms with Crippen molar-refractivity contribution in [1.82, 2.24) is 47.0 Å². The van der Waals surface area contributed by atoms with Crippen LogP contribution in [0.3, 0.4) is 0 Å². The molecular formula is C57H93N11O24. The predicted octanol–water partition coefficient (Wildman–Crippen LogP) is -4.20. The van der Waals surface area contributed by atoms with E-state index in [9.17, 15) is 72.5 Å². The summed E-state index contributed by atoms with van der Waals surface area (Å²) in [6.07, 6.45) is -2.43. The minimum atomic E-state index is -1.57. The maximum absolute atomic E-state index is 13.2. The number of benzene rings is 1. The van der Waals surface area contributed by atoms with Crippen LogP contribution in [0.5, 0.6) is 0 Å². The summed E-state index contributed by atoms with van der Waals surface area (Å²) in [5.74, 6) is -9.65. The number of amides is 11. The zero-order valence-electron chi connectivity index (χ0n) is 53.0. The van der Waals surface area contributed by atoms with Gasteiger partial charge >= 0.3 is 18.0 Å². The van der Waals surface area contributed by atoms with Crippen LogP contribution in [0.25, 0.3) is 0 Å². The third-order valence-electron chi connectivity index (χ3n) is 12.9. The fraction of sp³-hybridized carbons (Fsp3) is 0.667. The minimum absolute atomic E-state index is 0.0270. The number of hydrogen-bond donors (Lipinski definition) is 11. The lowest BCUT2D eigenvalue weighted by molar-refractivity contribution is -0.145. The first-order valence-electron chi connectivity index (χ1n) is 29.6. The Morgan fingerprint density at radius 2 is 0.793 bits per heavy atom. The summed E-state index contributed by atoms with van der Waals surface area (Å²) < 4.78 is 49.1. The first-order valence-corrected chi connectivity index (χ1v) is 29.6. The van der Waals surface area contributed by atoms with Crippen LogP contribution in [0.15, 0.2) is 30.3 Å². The Bertz CT molecular complexity index is 2470. The van der Waals surface area contributed by atoms with Crippen molar-refractivity contribution < 1.29 is 115 Å². The molecule has 0 spiro atoms. The molecule has 92 heavy (non-hydrogen) atoms. The van der Waals surface area contributed by atoms with Crippen LogP contribution in [0.4, 0.5) is 4.79 Å². The van der Waals surface area contributed by atoms with Crippen LogP contribution >= 0.6 is 0 Å². The second-order valence-electron chi connectivity index (χ2n) is 20.3. The fourth-order valence-electron chi connectivity index (χ4n) is 7.51. The average Bonchev–Trinajstić information content (AvgIpc) is 1.03. The Morgan fingerprint density at radius 1 is 0.435 bits per heavy atom. The number of carboxylic acids is 2. The Labute approximate surface area is 533 Å². The van der Waals surface area contributed by atoms with E-state index in [0.717, 1.165) is 15.4 Å². The second kappa shape index (κ2) is 48.6. The average molecular weight is 1320 g/mol. The topological polar surface area (TPSA) is 488 Å². The molecule has 13 N–H and O–H groups in total. The van der Waals surface area contributed by atoms with E-state index >= 15 is 0 Å². The maximum atomic E-state index is 13.2. The highest BCUT2D eigenvalue weighted by atomic mass is 16.6. The number of carbonyl (C=O) groups is 13. The zero-order valence-corrected chi connectivity index (χ0v) is 53.0. The molecular weight excluding hydrogens is 1220 g/mol. The van der Waals surface area contributed by atoms with E-state index in [2.05, 4.69) is 37.2 Å². The van der Waals surface area contributed by atoms with Crippen LogP contribution in [-0.2, 0) is 107 Å². The third-order valence-corrected chi connectivity index (χ3v) is 12.9. The summed E-state index contributed by atoms with van der Waals surface area (Å²) in [4.78, 5) is 161. The minimum Gasteiger partial charge on any atom is -0.480 e. The van der Waals surface area contributed by atoms with Crippen LogP contribution in [-0.4, -0.2) is 272 Å². The van der Waals surface area contributed by atoms with Crippen molar-refractivity contribution in [2.45, 2.75) is 115 Å². The number of nitrogens with two attached hydrogens (primary N) is 2. The van der Waals surface area contributed by atoms with Gasteiger partial charge in [-0.2, -0.15) is 0 Å². The van der Waals surface area contributed by atoms with Crippen LogP contribution in [0.1, 0.15) is 71.8 Å². The quantitative estimate of drug-likeness (QED) is 0.0276. The highest BCUT2D eigenvalue weighted by Crippen LogP contribution is 2.07. The number of carbonyl (C=O) groups excluding carboxylic acids is 11. The molecule has 7 atom stereocenters. The van der Waals surface area contributed by atoms with Crippen LogP contribution < -0.4 is 48.7 Å². The SMILES string of the molecule is C[C@H](NC(=O)CCOCCOCCOCCOCCNC(=O)CC[C@H](NC(=O)OCc1ccccc1)C(=O)NCCOCCOCCOCCOCCC(=O)N[C@@H](C)C(=O)N(C)[C@@H](C)C(=O)N[C@@H](CC(N)=O)C(=O)O)C(=O)N(C)[C@@H](C)C(=O)N[C@@H](CC(N)=O)C(=O)O. The molecule has 0 aliphatic rings. The molecule has 0 saturated carbocycles. The van der Waals surface area contributed by atoms with E-state index in [0.29, 0.717) is 0 Å². The van der Waals surface area contributed by atoms with Gasteiger partial charge in [0.05, 0.1) is 119 Å². The lowest BCUT2D eigenvalue weighted by atomic mass is 10.1. The molecule has 0 bridgehead atoms. The molecule has 0 aliphatic heterocycles. The summed E-state index contributed by atoms with van der Waals surface area (Å²) in [6.45, 7) is 8.72. The van der Waals surface area contributed by atoms with Gasteiger partial charge in [-0.3, -0.25) is 47.9 Å². The highest BCUT2D eigenvalue weighted by molar-refractivity contribution is 5.95. The predicted molar refractivity (Wildman–Crippen MR) is 321 cm³/mol. The lowest BCUT2D eigenvalue weighted by Crippen LogP contribution is -2.55. The highest BCUT2D eigenvalue weighted by Gasteiger charge is 2.32. The Balaban J connectivity index is 2.25. The molecule has 0 unspecified atom stereocenters. The van der Waals surface area contributed by atoms with E-state index in [-0.39, 0.29) is 157 Å². The van der Waals surface area contributed by atoms with Crippen molar-refractivity contribution in [3.05, 3.63) is 35.9 Å². The first kappa shape index (κ1) is 81.8. The summed E-state index contributed by atoms with van der Waals surface area (Å²) >= 11 is 0. The van der Waals surface area contributed by atoms with Crippen LogP contribution in [0.2, 0.25) is 0 Å². The molecule has 35 heteroatoms. The van der Waals surface area contributed by atoms with Gasteiger partial charge in [0.25, 0.3) is 0 Å². The van der Waals surface area contributed by atoms with Gasteiger partial charge in [0.2, 0.25) is 59.1 Å². The van der Waals surface area contributed by atoms with Crippen molar-refractivity contribution >= 4 is 77.1 Å². The molecule has 11 amide bonds. The van der Waals surface area contributed by atoms with Gasteiger partial charge in [-0.05, 0) is 39.7 Å². The zero-order chi connectivity index (χ0) is 68.8. The molecule has 0 heterocycles. The Morgan fingerprint density at radius 3 is 1.16 bits per heavy atom. The molecule has 1 aromatic carbocycles. The molecule has 0 aliphatic carbocycles. The van der Waals surface area contributed by atoms with E-state index in [1.807, 2.05) is 6.07 Å². The number of alkyl carbamates (subject to hydrolysis) is 1. The van der Waals surface area contributed by atoms with Gasteiger partial charge in [-0.15, -0.1) is 0 Å². The van der Waals surface area contributed by atoms with Gasteiger partial charge in [0, 0.05) is 46.4 Å². The van der Waals surface area contributed by atoms with Gasteiger partial charge in [0.15, 0.2) is 0 Å². The number of hydrogen-bond acceptors (Lipinski definition) is 22. The van der Waals surface area contributed by atoms with Gasteiger partial charge < -0.3 is 111 Å². The molecule has 0 saturated heterocycles. The summed E-state index contributed by atoms with van der Waals surface area (Å²) in [7, 11) is 2.61. The summed E-state index contributed by atoms with van der Waals surface area (Å²) in [5, 5.41) is 35.7. The number of carboxylic acid groups (broad SMARTS) is 2. The molecule has 0 aromatic heterocycles. The van der Waals surface area contributed by atoms with Crippen molar-refractivity contribution in [2.75, 3.05) is 133 Å². The van der Waals surface area contributed by atoms with E-state index in [1.54, 1.807) is 24.3 Å². The van der Waals surface area contributed by atoms with Crippen LogP contribution in [0, 0.1) is 0 Å². The number of likely N-dealkylation sites (N-methyl/N-ethyl adjacent to an activating group) is 2. The normalized spacial score (nSPS) is 13.2. The standard InChI is InChI=1S/C57H93N11O24/c1-37(53(77)67(5)39(3)50(74)64-43(55(79)80)34-45(58)69)62-48(72)14-18-84-22-26-88-30-32-90-28-24-86-20-16-60-47(71)13-12-42(66-57(83)92-36-41-10-8-7-9-11-41)52(76)61-17-21-87-25-29-91-33-31-89-27-23-85-19-15-49(73)63-38(2)54(78)68(6)40(4)51(75)65-44(56(81)82)35-46(59)70/h7-11,37-40,42-44H,12-36H2,1-6H3,(H2,58,69)(H2,59,70)(H,60,71)(H,61,76)(H,62,72)(H,63,73)(H,64,74)(H,65,75)(H,66,83)(H,79,80)(H,81,82)/t37-,38-,39-,40-,42-,43-,44-/m0/s1. The molecule has 1 aromatic rings. The van der Waals surface area contributed by atoms with E-state index in [4.69, 9.17) is 54.1 Å². The van der Waals surface area contributed by atoms with Crippen molar-refractivity contribution in [1.29, 1.82) is 0 Å². The van der Waals surface area contributed by atoms with E-state index < -0.39 is 126 Å². The maximum Gasteiger partial charge on any atom is 0.408 e. The van der Waals surface area contributed by atoms with E-state index in [1.165, 1.54) is 41.8 Å². The Hall–Kier alpha value is -8.19. The van der Waals surface area contributed by atoms with Crippen molar-refractivity contribution in [3.63, 3.8) is 0 Å². The largest absolute Gasteiger partial charge is 0.480 e. The van der Waals surface area contributed by atoms with Gasteiger partial charge in [0.1, 0.15) is 48.9 Å². The molecule has 0 fully saturated rings. The fourth-order valence-corrected chi connectivity index (χ4v) is 7.51. The van der Waals surface area contributed by atoms with Crippen molar-refractivity contribution in [3.8, 4) is 0 Å². The summed E-state index contributed by atoms with van der Waals surface area (Å²) in [5.41, 5.74) is 10.8. The number of nitrogens with one attached hydrogen (secondary N) is 7. The number of ether oxygens (including phenoxy) is 9. The number of rotatable bonds is 53. The smallest absolute Gasteiger partial charge is 0.408 e. The summed E-state index contributed by atoms with van der Waals surface area (Å²) in [6, 6.07) is 0.354. The number of nitrogens with zero attached hydrogens (tertiary/aromatic N) is 2. The number of primary amides is 2. The van der Waals surface area contributed by atoms with Gasteiger partial charge in [-0.25, -0.2) is 14.4 Å². The first-order chi connectivity index (χ1) is 43.7. The van der Waals surface area contributed by atoms with Crippen molar-refractivity contribution in [2.24, 2.45) is 11.5 Å². The molecule has 1 rings (SSSR count). The second-order valence-corrected chi connectivity index (χ2v) is 20.3. The Kier molecular flexibility index (Phi) is 43.2. The monoisotopic (exact) mass is 1320 g/mol. The molecule has 520 valence electrons. The number of aliphatic carboxylic acids is 2. The molecule has 0 radical (unpaired) electrons.